The molecule has 0 spiro atoms. The van der Waals surface area contributed by atoms with Crippen LogP contribution in [0.3, 0.4) is 0 Å². The van der Waals surface area contributed by atoms with E-state index in [1.165, 1.54) is 0 Å². The van der Waals surface area contributed by atoms with Gasteiger partial charge in [-0.15, -0.1) is 0 Å². The third-order valence-corrected chi connectivity index (χ3v) is 4.69. The van der Waals surface area contributed by atoms with Crippen LogP contribution in [0.4, 0.5) is 0 Å². The Morgan fingerprint density at radius 3 is 2.62 bits per heavy atom. The Kier molecular flexibility index (Phi) is 5.07. The quantitative estimate of drug-likeness (QED) is 0.793. The first-order chi connectivity index (χ1) is 12.4. The summed E-state index contributed by atoms with van der Waals surface area (Å²) in [5.41, 5.74) is 3.88. The number of aryl methyl sites for hydroxylation is 1. The van der Waals surface area contributed by atoms with Crippen molar-refractivity contribution < 1.29 is 24.5 Å². The van der Waals surface area contributed by atoms with Crippen molar-refractivity contribution in [1.29, 1.82) is 0 Å². The summed E-state index contributed by atoms with van der Waals surface area (Å²) in [4.78, 5) is 10.8. The van der Waals surface area contributed by atoms with E-state index in [-0.39, 0.29) is 18.3 Å². The van der Waals surface area contributed by atoms with Crippen LogP contribution < -0.4 is 9.47 Å². The maximum Gasteiger partial charge on any atom is 0.341 e. The van der Waals surface area contributed by atoms with Gasteiger partial charge in [-0.05, 0) is 61.9 Å². The van der Waals surface area contributed by atoms with Crippen molar-refractivity contribution in [3.63, 3.8) is 0 Å². The van der Waals surface area contributed by atoms with Crippen molar-refractivity contribution in [2.24, 2.45) is 0 Å². The van der Waals surface area contributed by atoms with E-state index < -0.39 is 5.97 Å². The first-order valence-corrected chi connectivity index (χ1v) is 8.87. The second-order valence-electron chi connectivity index (χ2n) is 6.99. The highest BCUT2D eigenvalue weighted by Crippen LogP contribution is 2.42. The molecule has 0 radical (unpaired) electrons. The number of carbonyl (C=O) groups is 1. The largest absolute Gasteiger partial charge is 0.508 e. The maximum atomic E-state index is 10.8. The number of hydrogen-bond acceptors (Lipinski definition) is 4. The summed E-state index contributed by atoms with van der Waals surface area (Å²) in [6.07, 6.45) is 2.73. The number of phenolic OH excluding ortho intramolecular Hbond substituents is 1. The highest BCUT2D eigenvalue weighted by atomic mass is 16.5. The molecule has 0 atom stereocenters. The SMILES string of the molecule is Cc1cc(OCC(=O)O)c2c(c1Oc1ccc(O)c(C(C)C)c1)CCC2. The number of fused-ring (bicyclic) bond motifs is 1. The Morgan fingerprint density at radius 1 is 1.19 bits per heavy atom. The lowest BCUT2D eigenvalue weighted by Crippen LogP contribution is -2.11. The van der Waals surface area contributed by atoms with Gasteiger partial charge in [-0.1, -0.05) is 13.8 Å². The molecular weight excluding hydrogens is 332 g/mol. The summed E-state index contributed by atoms with van der Waals surface area (Å²) >= 11 is 0. The minimum absolute atomic E-state index is 0.192. The normalized spacial score (nSPS) is 12.9. The summed E-state index contributed by atoms with van der Waals surface area (Å²) in [6.45, 7) is 5.64. The second kappa shape index (κ2) is 7.28. The van der Waals surface area contributed by atoms with Crippen molar-refractivity contribution >= 4 is 5.97 Å². The first kappa shape index (κ1) is 18.1. The summed E-state index contributed by atoms with van der Waals surface area (Å²) in [7, 11) is 0. The number of benzene rings is 2. The number of carboxylic acids is 1. The lowest BCUT2D eigenvalue weighted by Gasteiger charge is -2.18. The molecule has 0 fully saturated rings. The van der Waals surface area contributed by atoms with Gasteiger partial charge >= 0.3 is 5.97 Å². The van der Waals surface area contributed by atoms with Crippen molar-refractivity contribution in [3.05, 3.63) is 46.5 Å². The van der Waals surface area contributed by atoms with Crippen LogP contribution in [0.25, 0.3) is 0 Å². The fraction of sp³-hybridized carbons (Fsp3) is 0.381. The minimum Gasteiger partial charge on any atom is -0.508 e. The Bertz CT molecular complexity index is 839. The molecule has 26 heavy (non-hydrogen) atoms. The molecule has 0 aliphatic heterocycles. The van der Waals surface area contributed by atoms with Gasteiger partial charge in [0.05, 0.1) is 0 Å². The molecule has 2 N–H and O–H groups in total. The molecule has 0 aromatic heterocycles. The first-order valence-electron chi connectivity index (χ1n) is 8.87. The number of phenols is 1. The van der Waals surface area contributed by atoms with E-state index in [0.717, 1.165) is 47.3 Å². The summed E-state index contributed by atoms with van der Waals surface area (Å²) < 4.78 is 11.7. The van der Waals surface area contributed by atoms with Crippen LogP contribution >= 0.6 is 0 Å². The molecule has 2 aromatic carbocycles. The molecule has 0 bridgehead atoms. The van der Waals surface area contributed by atoms with Gasteiger partial charge < -0.3 is 19.7 Å². The molecule has 0 saturated carbocycles. The van der Waals surface area contributed by atoms with Crippen LogP contribution in [0.2, 0.25) is 0 Å². The number of carboxylic acid groups (broad SMARTS) is 1. The summed E-state index contributed by atoms with van der Waals surface area (Å²) in [6, 6.07) is 7.14. The fourth-order valence-corrected chi connectivity index (χ4v) is 3.44. The standard InChI is InChI=1S/C21H24O5/c1-12(2)17-10-14(7-8-18(17)22)26-21-13(3)9-19(25-11-20(23)24)15-5-4-6-16(15)21/h7-10,12,22H,4-6,11H2,1-3H3,(H,23,24). The van der Waals surface area contributed by atoms with E-state index >= 15 is 0 Å². The molecule has 1 aliphatic carbocycles. The van der Waals surface area contributed by atoms with Crippen molar-refractivity contribution in [2.45, 2.75) is 46.0 Å². The topological polar surface area (TPSA) is 76.0 Å². The number of rotatable bonds is 6. The maximum absolute atomic E-state index is 10.8. The average Bonchev–Trinajstić information content (AvgIpc) is 3.06. The molecule has 2 aromatic rings. The van der Waals surface area contributed by atoms with Crippen LogP contribution in [0.5, 0.6) is 23.0 Å². The van der Waals surface area contributed by atoms with E-state index in [0.29, 0.717) is 11.5 Å². The van der Waals surface area contributed by atoms with Gasteiger partial charge in [-0.3, -0.25) is 0 Å². The van der Waals surface area contributed by atoms with E-state index in [1.807, 2.05) is 32.9 Å². The Hall–Kier alpha value is -2.69. The van der Waals surface area contributed by atoms with Crippen LogP contribution in [-0.2, 0) is 17.6 Å². The molecule has 0 saturated heterocycles. The average molecular weight is 356 g/mol. The van der Waals surface area contributed by atoms with Crippen molar-refractivity contribution in [1.82, 2.24) is 0 Å². The molecule has 138 valence electrons. The highest BCUT2D eigenvalue weighted by Gasteiger charge is 2.24. The number of ether oxygens (including phenoxy) is 2. The van der Waals surface area contributed by atoms with Crippen LogP contribution in [-0.4, -0.2) is 22.8 Å². The predicted molar refractivity (Wildman–Crippen MR) is 98.6 cm³/mol. The second-order valence-corrected chi connectivity index (χ2v) is 6.99. The van der Waals surface area contributed by atoms with Gasteiger partial charge in [0, 0.05) is 16.7 Å². The molecule has 1 aliphatic rings. The molecular formula is C21H24O5. The van der Waals surface area contributed by atoms with E-state index in [4.69, 9.17) is 14.6 Å². The molecule has 0 heterocycles. The van der Waals surface area contributed by atoms with Gasteiger partial charge in [0.2, 0.25) is 0 Å². The fourth-order valence-electron chi connectivity index (χ4n) is 3.44. The number of aliphatic carboxylic acids is 1. The molecule has 3 rings (SSSR count). The van der Waals surface area contributed by atoms with Crippen LogP contribution in [0.1, 0.15) is 48.4 Å². The van der Waals surface area contributed by atoms with Crippen LogP contribution in [0, 0.1) is 6.92 Å². The lowest BCUT2D eigenvalue weighted by atomic mass is 10.0. The van der Waals surface area contributed by atoms with Gasteiger partial charge in [-0.25, -0.2) is 4.79 Å². The monoisotopic (exact) mass is 356 g/mol. The third-order valence-electron chi connectivity index (χ3n) is 4.69. The van der Waals surface area contributed by atoms with E-state index in [9.17, 15) is 9.90 Å². The summed E-state index contributed by atoms with van der Waals surface area (Å²) in [5, 5.41) is 18.9. The zero-order valence-electron chi connectivity index (χ0n) is 15.3. The van der Waals surface area contributed by atoms with E-state index in [1.54, 1.807) is 12.1 Å². The zero-order chi connectivity index (χ0) is 18.8. The highest BCUT2D eigenvalue weighted by molar-refractivity contribution is 5.69. The zero-order valence-corrected chi connectivity index (χ0v) is 15.3. The van der Waals surface area contributed by atoms with Gasteiger partial charge in [0.15, 0.2) is 6.61 Å². The molecule has 5 nitrogen and oxygen atoms in total. The minimum atomic E-state index is -0.986. The molecule has 5 heteroatoms. The Balaban J connectivity index is 1.95. The van der Waals surface area contributed by atoms with Gasteiger partial charge in [-0.2, -0.15) is 0 Å². The number of aromatic hydroxyl groups is 1. The lowest BCUT2D eigenvalue weighted by molar-refractivity contribution is -0.139. The van der Waals surface area contributed by atoms with Crippen molar-refractivity contribution in [2.75, 3.05) is 6.61 Å². The smallest absolute Gasteiger partial charge is 0.341 e. The molecule has 0 unspecified atom stereocenters. The van der Waals surface area contributed by atoms with Crippen LogP contribution in [0.15, 0.2) is 24.3 Å². The molecule has 0 amide bonds. The van der Waals surface area contributed by atoms with Gasteiger partial charge in [0.25, 0.3) is 0 Å². The third kappa shape index (κ3) is 3.62. The van der Waals surface area contributed by atoms with Gasteiger partial charge in [0.1, 0.15) is 23.0 Å². The predicted octanol–water partition coefficient (Wildman–Crippen LogP) is 4.57. The Labute approximate surface area is 153 Å². The Morgan fingerprint density at radius 2 is 1.92 bits per heavy atom. The van der Waals surface area contributed by atoms with E-state index in [2.05, 4.69) is 0 Å². The van der Waals surface area contributed by atoms with Crippen molar-refractivity contribution in [3.8, 4) is 23.0 Å². The summed E-state index contributed by atoms with van der Waals surface area (Å²) in [5.74, 6) is 1.60. The number of hydrogen-bond donors (Lipinski definition) is 2.